The SMILES string of the molecule is CC/C=C/C/C=C/CCCCCCCCCC(=O)NC(COP(=O)(O)OCC[N+](C)(C)C)C(/C=C\CCCCCCCCCCCCC)OC(=O)CCCCCCCCCCCCCCCCC/C=C/CCCCCCCC. The summed E-state index contributed by atoms with van der Waals surface area (Å²) in [5.74, 6) is -0.502. The standard InChI is InChI=1S/C68H129N2O7P/c1-7-10-13-16-19-22-25-28-30-31-32-33-34-35-36-37-38-39-40-43-46-49-52-55-58-61-68(72)77-66(59-56-53-50-47-44-41-27-24-21-18-15-12-9-3)65(64-76-78(73,74)75-63-62-70(4,5)6)69-67(71)60-57-54-51-48-45-42-29-26-23-20-17-14-11-8-2/h11,14,20,23,28,30,56,59,65-66H,7-10,12-13,15-19,21-22,24-27,29,31-55,57-58,60-64H2,1-6H3,(H-,69,71,73,74)/p+1/b14-11+,23-20+,30-28+,59-56-. The van der Waals surface area contributed by atoms with Crippen LogP contribution >= 0.6 is 7.82 Å². The van der Waals surface area contributed by atoms with E-state index in [2.05, 4.69) is 62.5 Å². The van der Waals surface area contributed by atoms with E-state index in [1.165, 1.54) is 205 Å². The fourth-order valence-corrected chi connectivity index (χ4v) is 10.6. The maximum Gasteiger partial charge on any atom is 0.472 e. The van der Waals surface area contributed by atoms with Crippen LogP contribution in [-0.4, -0.2) is 74.3 Å². The number of allylic oxidation sites excluding steroid dienone is 7. The van der Waals surface area contributed by atoms with Crippen molar-refractivity contribution in [2.75, 3.05) is 40.9 Å². The van der Waals surface area contributed by atoms with Gasteiger partial charge in [-0.15, -0.1) is 0 Å². The van der Waals surface area contributed by atoms with Gasteiger partial charge in [-0.25, -0.2) is 4.57 Å². The zero-order valence-corrected chi connectivity index (χ0v) is 53.3. The number of ether oxygens (including phenoxy) is 1. The zero-order valence-electron chi connectivity index (χ0n) is 52.4. The highest BCUT2D eigenvalue weighted by molar-refractivity contribution is 7.47. The third-order valence-corrected chi connectivity index (χ3v) is 16.0. The number of quaternary nitrogens is 1. The third kappa shape index (κ3) is 58.6. The highest BCUT2D eigenvalue weighted by Crippen LogP contribution is 2.43. The third-order valence-electron chi connectivity index (χ3n) is 15.0. The Morgan fingerprint density at radius 1 is 0.462 bits per heavy atom. The quantitative estimate of drug-likeness (QED) is 0.0205. The number of amides is 1. The van der Waals surface area contributed by atoms with E-state index in [0.29, 0.717) is 23.9 Å². The molecule has 9 nitrogen and oxygen atoms in total. The lowest BCUT2D eigenvalue weighted by Crippen LogP contribution is -2.47. The summed E-state index contributed by atoms with van der Waals surface area (Å²) in [6.45, 7) is 6.93. The maximum atomic E-state index is 13.5. The van der Waals surface area contributed by atoms with Crippen LogP contribution in [0.1, 0.15) is 323 Å². The summed E-state index contributed by atoms with van der Waals surface area (Å²) in [4.78, 5) is 37.8. The van der Waals surface area contributed by atoms with E-state index in [4.69, 9.17) is 13.8 Å². The molecule has 0 aliphatic carbocycles. The van der Waals surface area contributed by atoms with Crippen LogP contribution < -0.4 is 5.32 Å². The highest BCUT2D eigenvalue weighted by atomic mass is 31.2. The molecule has 0 heterocycles. The summed E-state index contributed by atoms with van der Waals surface area (Å²) in [5, 5.41) is 3.06. The molecule has 78 heavy (non-hydrogen) atoms. The number of esters is 1. The van der Waals surface area contributed by atoms with Crippen molar-refractivity contribution in [2.45, 2.75) is 335 Å². The number of nitrogens with zero attached hydrogens (tertiary/aromatic N) is 1. The smallest absolute Gasteiger partial charge is 0.456 e. The van der Waals surface area contributed by atoms with E-state index < -0.39 is 20.0 Å². The Balaban J connectivity index is 5.08. The molecular formula is C68H130N2O7P+. The van der Waals surface area contributed by atoms with Crippen molar-refractivity contribution in [1.82, 2.24) is 5.32 Å². The number of phosphoric ester groups is 1. The van der Waals surface area contributed by atoms with Crippen LogP contribution in [0, 0.1) is 0 Å². The largest absolute Gasteiger partial charge is 0.472 e. The van der Waals surface area contributed by atoms with Gasteiger partial charge >= 0.3 is 13.8 Å². The van der Waals surface area contributed by atoms with Crippen molar-refractivity contribution in [3.63, 3.8) is 0 Å². The summed E-state index contributed by atoms with van der Waals surface area (Å²) in [6, 6.07) is -0.851. The molecule has 0 bridgehead atoms. The number of carbonyl (C=O) groups is 2. The summed E-state index contributed by atoms with van der Waals surface area (Å²) in [6.07, 6.45) is 72.6. The predicted octanol–water partition coefficient (Wildman–Crippen LogP) is 20.8. The van der Waals surface area contributed by atoms with Crippen LogP contribution in [0.2, 0.25) is 0 Å². The highest BCUT2D eigenvalue weighted by Gasteiger charge is 2.30. The van der Waals surface area contributed by atoms with Crippen molar-refractivity contribution in [2.24, 2.45) is 0 Å². The second-order valence-electron chi connectivity index (χ2n) is 24.0. The first-order chi connectivity index (χ1) is 37.9. The van der Waals surface area contributed by atoms with Gasteiger partial charge in [0.15, 0.2) is 0 Å². The van der Waals surface area contributed by atoms with Gasteiger partial charge in [-0.2, -0.15) is 0 Å². The molecule has 0 saturated heterocycles. The van der Waals surface area contributed by atoms with Crippen LogP contribution in [0.4, 0.5) is 0 Å². The van der Waals surface area contributed by atoms with Gasteiger partial charge in [0.05, 0.1) is 33.8 Å². The molecule has 0 radical (unpaired) electrons. The Morgan fingerprint density at radius 2 is 0.821 bits per heavy atom. The van der Waals surface area contributed by atoms with E-state index in [0.717, 1.165) is 83.5 Å². The lowest BCUT2D eigenvalue weighted by molar-refractivity contribution is -0.870. The zero-order chi connectivity index (χ0) is 57.2. The minimum atomic E-state index is -4.45. The molecule has 0 fully saturated rings. The molecule has 2 N–H and O–H groups in total. The molecule has 10 heteroatoms. The lowest BCUT2D eigenvalue weighted by Gasteiger charge is -2.27. The number of unbranched alkanes of at least 4 members (excludes halogenated alkanes) is 39. The van der Waals surface area contributed by atoms with Crippen molar-refractivity contribution in [3.05, 3.63) is 48.6 Å². The van der Waals surface area contributed by atoms with Gasteiger partial charge in [0.1, 0.15) is 19.3 Å². The average molecular weight is 1120 g/mol. The van der Waals surface area contributed by atoms with Gasteiger partial charge in [0.2, 0.25) is 5.91 Å². The molecule has 0 aromatic carbocycles. The van der Waals surface area contributed by atoms with Crippen LogP contribution in [0.25, 0.3) is 0 Å². The first-order valence-electron chi connectivity index (χ1n) is 33.5. The summed E-state index contributed by atoms with van der Waals surface area (Å²) >= 11 is 0. The van der Waals surface area contributed by atoms with Crippen molar-refractivity contribution in [3.8, 4) is 0 Å². The van der Waals surface area contributed by atoms with Crippen LogP contribution in [0.3, 0.4) is 0 Å². The topological polar surface area (TPSA) is 111 Å². The number of nitrogens with one attached hydrogen (secondary N) is 1. The van der Waals surface area contributed by atoms with Gasteiger partial charge in [0, 0.05) is 12.8 Å². The van der Waals surface area contributed by atoms with Gasteiger partial charge in [-0.1, -0.05) is 275 Å². The Hall–Kier alpha value is -2.03. The summed E-state index contributed by atoms with van der Waals surface area (Å²) in [7, 11) is 1.50. The average Bonchev–Trinajstić information content (AvgIpc) is 3.40. The molecule has 1 amide bonds. The normalized spacial score (nSPS) is 13.9. The van der Waals surface area contributed by atoms with Crippen LogP contribution in [0.5, 0.6) is 0 Å². The molecule has 0 aliphatic rings. The Bertz CT molecular complexity index is 1470. The van der Waals surface area contributed by atoms with Gasteiger partial charge < -0.3 is 19.4 Å². The second kappa shape index (κ2) is 58.2. The minimum absolute atomic E-state index is 0.0395. The molecule has 3 atom stereocenters. The summed E-state index contributed by atoms with van der Waals surface area (Å²) < 4.78 is 30.8. The van der Waals surface area contributed by atoms with Gasteiger partial charge in [-0.3, -0.25) is 18.6 Å². The number of hydrogen-bond acceptors (Lipinski definition) is 6. The molecule has 3 unspecified atom stereocenters. The van der Waals surface area contributed by atoms with Crippen LogP contribution in [0.15, 0.2) is 48.6 Å². The van der Waals surface area contributed by atoms with E-state index in [1.807, 2.05) is 33.3 Å². The van der Waals surface area contributed by atoms with E-state index >= 15 is 0 Å². The number of hydrogen-bond donors (Lipinski definition) is 2. The Morgan fingerprint density at radius 3 is 1.23 bits per heavy atom. The first-order valence-corrected chi connectivity index (χ1v) is 35.0. The van der Waals surface area contributed by atoms with E-state index in [9.17, 15) is 19.0 Å². The number of phosphoric acid groups is 1. The molecule has 0 aromatic heterocycles. The van der Waals surface area contributed by atoms with Gasteiger partial charge in [0.25, 0.3) is 0 Å². The summed E-state index contributed by atoms with van der Waals surface area (Å²) in [5.41, 5.74) is 0. The Kier molecular flexibility index (Phi) is 56.7. The molecule has 0 spiro atoms. The molecule has 458 valence electrons. The second-order valence-corrected chi connectivity index (χ2v) is 25.4. The lowest BCUT2D eigenvalue weighted by atomic mass is 10.0. The number of likely N-dealkylation sites (N-methyl/N-ethyl adjacent to an activating group) is 1. The predicted molar refractivity (Wildman–Crippen MR) is 337 cm³/mol. The van der Waals surface area contributed by atoms with Crippen molar-refractivity contribution < 1.29 is 37.3 Å². The molecular weight excluding hydrogens is 988 g/mol. The van der Waals surface area contributed by atoms with Crippen molar-refractivity contribution >= 4 is 19.7 Å². The van der Waals surface area contributed by atoms with E-state index in [1.54, 1.807) is 0 Å². The number of carbonyl (C=O) groups excluding carboxylic acids is 2. The monoisotopic (exact) mass is 1120 g/mol. The van der Waals surface area contributed by atoms with E-state index in [-0.39, 0.29) is 25.1 Å². The fraction of sp³-hybridized carbons (Fsp3) is 0.853. The number of rotatable bonds is 61. The Labute approximate surface area is 484 Å². The first kappa shape index (κ1) is 76.0. The molecule has 0 saturated carbocycles. The molecule has 0 rings (SSSR count). The van der Waals surface area contributed by atoms with Crippen molar-refractivity contribution in [1.29, 1.82) is 0 Å². The van der Waals surface area contributed by atoms with Gasteiger partial charge in [-0.05, 0) is 83.1 Å². The molecule has 0 aromatic rings. The minimum Gasteiger partial charge on any atom is -0.456 e. The molecule has 0 aliphatic heterocycles. The fourth-order valence-electron chi connectivity index (χ4n) is 9.86. The van der Waals surface area contributed by atoms with Crippen LogP contribution in [-0.2, 0) is 27.9 Å². The maximum absolute atomic E-state index is 13.5.